The molecule has 3 aromatic carbocycles. The number of benzene rings is 3. The van der Waals surface area contributed by atoms with Crippen molar-refractivity contribution in [1.82, 2.24) is 10.6 Å². The lowest BCUT2D eigenvalue weighted by Gasteiger charge is -2.35. The number of anilines is 1. The summed E-state index contributed by atoms with van der Waals surface area (Å²) in [7, 11) is 0. The van der Waals surface area contributed by atoms with E-state index >= 15 is 0 Å². The van der Waals surface area contributed by atoms with Gasteiger partial charge in [0.05, 0.1) is 11.6 Å². The van der Waals surface area contributed by atoms with Crippen LogP contribution >= 0.6 is 0 Å². The van der Waals surface area contributed by atoms with E-state index in [1.165, 1.54) is 11.1 Å². The summed E-state index contributed by atoms with van der Waals surface area (Å²) in [6.45, 7) is 3.60. The van der Waals surface area contributed by atoms with Crippen molar-refractivity contribution in [3.8, 4) is 0 Å². The third kappa shape index (κ3) is 5.24. The van der Waals surface area contributed by atoms with E-state index in [9.17, 15) is 9.59 Å². The van der Waals surface area contributed by atoms with Gasteiger partial charge in [0.15, 0.2) is 0 Å². The van der Waals surface area contributed by atoms with Crippen molar-refractivity contribution in [3.63, 3.8) is 0 Å². The van der Waals surface area contributed by atoms with Gasteiger partial charge in [0.2, 0.25) is 0 Å². The minimum atomic E-state index is -0.0165. The molecule has 0 spiro atoms. The molecule has 0 saturated carbocycles. The van der Waals surface area contributed by atoms with Gasteiger partial charge in [-0.2, -0.15) is 0 Å². The van der Waals surface area contributed by atoms with Gasteiger partial charge >= 0.3 is 0 Å². The molecule has 5 nitrogen and oxygen atoms in total. The second-order valence-corrected chi connectivity index (χ2v) is 9.74. The first-order valence-electron chi connectivity index (χ1n) is 12.7. The minimum Gasteiger partial charge on any atom is -0.371 e. The second-order valence-electron chi connectivity index (χ2n) is 9.74. The van der Waals surface area contributed by atoms with Crippen LogP contribution < -0.4 is 15.5 Å². The third-order valence-corrected chi connectivity index (χ3v) is 7.27. The fourth-order valence-electron chi connectivity index (χ4n) is 5.40. The van der Waals surface area contributed by atoms with Gasteiger partial charge in [0.25, 0.3) is 11.8 Å². The first-order valence-corrected chi connectivity index (χ1v) is 12.7. The number of hydrogen-bond donors (Lipinski definition) is 2. The van der Waals surface area contributed by atoms with E-state index in [0.717, 1.165) is 62.0 Å². The van der Waals surface area contributed by atoms with E-state index in [1.807, 2.05) is 55.5 Å². The molecule has 1 saturated heterocycles. The number of para-hydroxylation sites is 1. The lowest BCUT2D eigenvalue weighted by molar-refractivity contribution is 0.0926. The van der Waals surface area contributed by atoms with Crippen LogP contribution in [-0.2, 0) is 6.42 Å². The Labute approximate surface area is 207 Å². The molecule has 1 heterocycles. The number of carbonyl (C=O) groups excluding carboxylic acids is 2. The Bertz CT molecular complexity index is 1210. The minimum absolute atomic E-state index is 0.0142. The van der Waals surface area contributed by atoms with Crippen molar-refractivity contribution in [1.29, 1.82) is 0 Å². The summed E-state index contributed by atoms with van der Waals surface area (Å²) >= 11 is 0. The zero-order valence-corrected chi connectivity index (χ0v) is 20.3. The number of rotatable bonds is 5. The van der Waals surface area contributed by atoms with E-state index < -0.39 is 0 Å². The Morgan fingerprint density at radius 1 is 0.829 bits per heavy atom. The monoisotopic (exact) mass is 467 g/mol. The fraction of sp³-hybridized carbons (Fsp3) is 0.333. The molecule has 1 fully saturated rings. The first kappa shape index (κ1) is 23.2. The van der Waals surface area contributed by atoms with Crippen LogP contribution in [0, 0.1) is 6.92 Å². The molecule has 0 unspecified atom stereocenters. The first-order chi connectivity index (χ1) is 17.1. The van der Waals surface area contributed by atoms with Gasteiger partial charge in [-0.3, -0.25) is 9.59 Å². The Balaban J connectivity index is 1.23. The highest BCUT2D eigenvalue weighted by atomic mass is 16.2. The molecule has 2 amide bonds. The molecule has 3 aromatic rings. The van der Waals surface area contributed by atoms with E-state index in [0.29, 0.717) is 5.56 Å². The summed E-state index contributed by atoms with van der Waals surface area (Å²) in [6, 6.07) is 24.2. The van der Waals surface area contributed by atoms with Gasteiger partial charge in [0.1, 0.15) is 0 Å². The lowest BCUT2D eigenvalue weighted by Crippen LogP contribution is -2.45. The quantitative estimate of drug-likeness (QED) is 0.542. The molecule has 35 heavy (non-hydrogen) atoms. The molecule has 1 atom stereocenters. The van der Waals surface area contributed by atoms with Crippen LogP contribution in [0.4, 0.5) is 5.69 Å². The SMILES string of the molecule is Cc1cccc(C(=O)NC2CCN(c3ccccc3C(=O)N[C@@H]3CCCc4ccccc43)CC2)c1. The van der Waals surface area contributed by atoms with Crippen molar-refractivity contribution >= 4 is 17.5 Å². The zero-order valence-electron chi connectivity index (χ0n) is 20.3. The number of nitrogens with one attached hydrogen (secondary N) is 2. The number of carbonyl (C=O) groups is 2. The molecular weight excluding hydrogens is 434 g/mol. The molecule has 5 heteroatoms. The van der Waals surface area contributed by atoms with E-state index in [2.05, 4.69) is 39.8 Å². The standard InChI is InChI=1S/C30H33N3O2/c1-21-8-6-11-23(20-21)29(34)31-24-16-18-33(19-17-24)28-15-5-4-13-26(28)30(35)32-27-14-7-10-22-9-2-3-12-25(22)27/h2-6,8-9,11-13,15,20,24,27H,7,10,14,16-19H2,1H3,(H,31,34)(H,32,35)/t27-/m1/s1. The summed E-state index contributed by atoms with van der Waals surface area (Å²) in [5, 5.41) is 6.50. The van der Waals surface area contributed by atoms with Gasteiger partial charge in [-0.25, -0.2) is 0 Å². The highest BCUT2D eigenvalue weighted by Gasteiger charge is 2.26. The maximum absolute atomic E-state index is 13.4. The molecule has 180 valence electrons. The molecule has 0 radical (unpaired) electrons. The van der Waals surface area contributed by atoms with Gasteiger partial charge in [0, 0.05) is 30.4 Å². The average Bonchev–Trinajstić information content (AvgIpc) is 2.89. The number of hydrogen-bond acceptors (Lipinski definition) is 3. The summed E-state index contributed by atoms with van der Waals surface area (Å²) in [4.78, 5) is 28.3. The summed E-state index contributed by atoms with van der Waals surface area (Å²) < 4.78 is 0. The van der Waals surface area contributed by atoms with Gasteiger partial charge in [-0.15, -0.1) is 0 Å². The van der Waals surface area contributed by atoms with Crippen LogP contribution in [0.1, 0.15) is 69.1 Å². The maximum Gasteiger partial charge on any atom is 0.253 e. The van der Waals surface area contributed by atoms with Crippen LogP contribution in [-0.4, -0.2) is 30.9 Å². The van der Waals surface area contributed by atoms with Crippen LogP contribution in [0.3, 0.4) is 0 Å². The normalized spacial score (nSPS) is 18.0. The number of fused-ring (bicyclic) bond motifs is 1. The highest BCUT2D eigenvalue weighted by Crippen LogP contribution is 2.31. The van der Waals surface area contributed by atoms with Crippen molar-refractivity contribution in [2.45, 2.75) is 51.1 Å². The van der Waals surface area contributed by atoms with Crippen LogP contribution in [0.25, 0.3) is 0 Å². The van der Waals surface area contributed by atoms with Crippen molar-refractivity contribution in [2.24, 2.45) is 0 Å². The molecule has 0 bridgehead atoms. The number of nitrogens with zero attached hydrogens (tertiary/aromatic N) is 1. The third-order valence-electron chi connectivity index (χ3n) is 7.27. The summed E-state index contributed by atoms with van der Waals surface area (Å²) in [5.74, 6) is -0.0307. The van der Waals surface area contributed by atoms with Gasteiger partial charge < -0.3 is 15.5 Å². The Morgan fingerprint density at radius 2 is 1.60 bits per heavy atom. The van der Waals surface area contributed by atoms with E-state index in [4.69, 9.17) is 0 Å². The zero-order chi connectivity index (χ0) is 24.2. The average molecular weight is 468 g/mol. The Morgan fingerprint density at radius 3 is 2.43 bits per heavy atom. The summed E-state index contributed by atoms with van der Waals surface area (Å²) in [6.07, 6.45) is 4.84. The van der Waals surface area contributed by atoms with Gasteiger partial charge in [-0.1, -0.05) is 54.1 Å². The van der Waals surface area contributed by atoms with Crippen LogP contribution in [0.2, 0.25) is 0 Å². The molecule has 1 aliphatic heterocycles. The topological polar surface area (TPSA) is 61.4 Å². The maximum atomic E-state index is 13.4. The number of aryl methyl sites for hydroxylation is 2. The highest BCUT2D eigenvalue weighted by molar-refractivity contribution is 6.00. The Kier molecular flexibility index (Phi) is 6.84. The lowest BCUT2D eigenvalue weighted by atomic mass is 9.87. The smallest absolute Gasteiger partial charge is 0.253 e. The van der Waals surface area contributed by atoms with Crippen molar-refractivity contribution in [2.75, 3.05) is 18.0 Å². The molecule has 5 rings (SSSR count). The van der Waals surface area contributed by atoms with Crippen molar-refractivity contribution < 1.29 is 9.59 Å². The molecule has 2 N–H and O–H groups in total. The predicted molar refractivity (Wildman–Crippen MR) is 140 cm³/mol. The van der Waals surface area contributed by atoms with E-state index in [1.54, 1.807) is 0 Å². The molecule has 2 aliphatic rings. The molecule has 1 aliphatic carbocycles. The van der Waals surface area contributed by atoms with E-state index in [-0.39, 0.29) is 23.9 Å². The fourth-order valence-corrected chi connectivity index (χ4v) is 5.40. The molecule has 0 aromatic heterocycles. The van der Waals surface area contributed by atoms with Crippen LogP contribution in [0.15, 0.2) is 72.8 Å². The molecular formula is C30H33N3O2. The van der Waals surface area contributed by atoms with Gasteiger partial charge in [-0.05, 0) is 74.4 Å². The number of piperidine rings is 1. The predicted octanol–water partition coefficient (Wildman–Crippen LogP) is 5.20. The Hall–Kier alpha value is -3.60. The summed E-state index contributed by atoms with van der Waals surface area (Å²) in [5.41, 5.74) is 6.06. The van der Waals surface area contributed by atoms with Crippen molar-refractivity contribution in [3.05, 3.63) is 101 Å². The largest absolute Gasteiger partial charge is 0.371 e. The second kappa shape index (κ2) is 10.3. The van der Waals surface area contributed by atoms with Crippen LogP contribution in [0.5, 0.6) is 0 Å². The number of amides is 2.